The zero-order valence-electron chi connectivity index (χ0n) is 14.0. The van der Waals surface area contributed by atoms with E-state index in [0.29, 0.717) is 0 Å². The third-order valence-electron chi connectivity index (χ3n) is 3.22. The molecule has 0 saturated carbocycles. The molecule has 0 radical (unpaired) electrons. The van der Waals surface area contributed by atoms with Gasteiger partial charge in [0.05, 0.1) is 14.2 Å². The van der Waals surface area contributed by atoms with Crippen LogP contribution in [-0.4, -0.2) is 40.3 Å². The molecule has 0 fully saturated rings. The Morgan fingerprint density at radius 1 is 1.14 bits per heavy atom. The molecule has 122 valence electrons. The summed E-state index contributed by atoms with van der Waals surface area (Å²) in [6.07, 6.45) is 6.06. The number of aliphatic imine (C=N–C) groups is 1. The van der Waals surface area contributed by atoms with E-state index in [4.69, 9.17) is 9.47 Å². The Kier molecular flexibility index (Phi) is 8.57. The van der Waals surface area contributed by atoms with Crippen molar-refractivity contribution in [2.75, 3.05) is 34.4 Å². The number of hydrogen-bond donors (Lipinski definition) is 2. The van der Waals surface area contributed by atoms with Gasteiger partial charge in [0.2, 0.25) is 0 Å². The molecule has 0 aromatic heterocycles. The zero-order chi connectivity index (χ0) is 16.2. The van der Waals surface area contributed by atoms with Crippen LogP contribution in [0.4, 0.5) is 0 Å². The summed E-state index contributed by atoms with van der Waals surface area (Å²) in [6.45, 7) is 3.70. The van der Waals surface area contributed by atoms with E-state index in [0.717, 1.165) is 43.4 Å². The highest BCUT2D eigenvalue weighted by Gasteiger charge is 2.04. The van der Waals surface area contributed by atoms with Crippen molar-refractivity contribution in [3.63, 3.8) is 0 Å². The van der Waals surface area contributed by atoms with Gasteiger partial charge in [-0.2, -0.15) is 0 Å². The van der Waals surface area contributed by atoms with E-state index in [-0.39, 0.29) is 0 Å². The number of nitrogens with one attached hydrogen (secondary N) is 2. The predicted molar refractivity (Wildman–Crippen MR) is 92.0 cm³/mol. The minimum absolute atomic E-state index is 0.751. The Bertz CT molecular complexity index is 499. The van der Waals surface area contributed by atoms with Crippen LogP contribution in [0.2, 0.25) is 0 Å². The van der Waals surface area contributed by atoms with E-state index in [9.17, 15) is 0 Å². The third kappa shape index (κ3) is 6.08. The van der Waals surface area contributed by atoms with Crippen LogP contribution in [0.25, 0.3) is 0 Å². The molecule has 0 amide bonds. The largest absolute Gasteiger partial charge is 0.493 e. The van der Waals surface area contributed by atoms with Crippen LogP contribution >= 0.6 is 0 Å². The highest BCUT2D eigenvalue weighted by Crippen LogP contribution is 2.27. The van der Waals surface area contributed by atoms with Gasteiger partial charge >= 0.3 is 0 Å². The molecule has 1 aromatic rings. The van der Waals surface area contributed by atoms with Gasteiger partial charge in [0, 0.05) is 20.1 Å². The van der Waals surface area contributed by atoms with E-state index in [2.05, 4.69) is 27.8 Å². The molecule has 1 aromatic carbocycles. The molecule has 0 bridgehead atoms. The van der Waals surface area contributed by atoms with Crippen molar-refractivity contribution in [1.82, 2.24) is 10.6 Å². The van der Waals surface area contributed by atoms with Crippen molar-refractivity contribution in [3.8, 4) is 11.5 Å². The molecule has 5 nitrogen and oxygen atoms in total. The van der Waals surface area contributed by atoms with Crippen LogP contribution in [0.5, 0.6) is 11.5 Å². The Morgan fingerprint density at radius 2 is 1.86 bits per heavy atom. The Hall–Kier alpha value is -2.17. The lowest BCUT2D eigenvalue weighted by molar-refractivity contribution is 0.354. The topological polar surface area (TPSA) is 54.9 Å². The lowest BCUT2D eigenvalue weighted by Crippen LogP contribution is -2.38. The predicted octanol–water partition coefficient (Wildman–Crippen LogP) is 2.38. The normalized spacial score (nSPS) is 11.5. The monoisotopic (exact) mass is 305 g/mol. The molecule has 0 aliphatic heterocycles. The second-order valence-electron chi connectivity index (χ2n) is 4.72. The van der Waals surface area contributed by atoms with E-state index in [1.807, 2.05) is 25.1 Å². The van der Waals surface area contributed by atoms with Crippen molar-refractivity contribution < 1.29 is 9.47 Å². The maximum Gasteiger partial charge on any atom is 0.190 e. The van der Waals surface area contributed by atoms with Crippen LogP contribution in [-0.2, 0) is 6.42 Å². The van der Waals surface area contributed by atoms with Gasteiger partial charge in [0.15, 0.2) is 17.5 Å². The summed E-state index contributed by atoms with van der Waals surface area (Å²) < 4.78 is 10.6. The lowest BCUT2D eigenvalue weighted by Gasteiger charge is -2.12. The van der Waals surface area contributed by atoms with Crippen molar-refractivity contribution in [2.45, 2.75) is 19.8 Å². The number of benzene rings is 1. The second-order valence-corrected chi connectivity index (χ2v) is 4.72. The van der Waals surface area contributed by atoms with Crippen molar-refractivity contribution in [2.24, 2.45) is 4.99 Å². The van der Waals surface area contributed by atoms with E-state index in [1.165, 1.54) is 5.56 Å². The van der Waals surface area contributed by atoms with Gasteiger partial charge in [-0.15, -0.1) is 0 Å². The quantitative estimate of drug-likeness (QED) is 0.335. The van der Waals surface area contributed by atoms with Gasteiger partial charge in [0.1, 0.15) is 0 Å². The molecule has 0 spiro atoms. The fourth-order valence-corrected chi connectivity index (χ4v) is 2.02. The zero-order valence-corrected chi connectivity index (χ0v) is 14.0. The molecule has 5 heteroatoms. The summed E-state index contributed by atoms with van der Waals surface area (Å²) >= 11 is 0. The van der Waals surface area contributed by atoms with E-state index >= 15 is 0 Å². The molecule has 0 aliphatic rings. The molecule has 0 heterocycles. The number of nitrogens with zero attached hydrogens (tertiary/aromatic N) is 1. The summed E-state index contributed by atoms with van der Waals surface area (Å²) in [6, 6.07) is 5.98. The standard InChI is InChI=1S/C17H27N3O2/c1-5-6-7-11-19-17(18-2)20-12-10-14-8-9-15(21-3)16(13-14)22-4/h5-6,8-9,13H,7,10-12H2,1-4H3,(H2,18,19,20)/b6-5+. The number of methoxy groups -OCH3 is 2. The Labute approximate surface area is 133 Å². The van der Waals surface area contributed by atoms with Crippen molar-refractivity contribution >= 4 is 5.96 Å². The van der Waals surface area contributed by atoms with Gasteiger partial charge in [-0.1, -0.05) is 18.2 Å². The van der Waals surface area contributed by atoms with Crippen LogP contribution in [0.1, 0.15) is 18.9 Å². The third-order valence-corrected chi connectivity index (χ3v) is 3.22. The van der Waals surface area contributed by atoms with Crippen LogP contribution in [0, 0.1) is 0 Å². The molecular weight excluding hydrogens is 278 g/mol. The number of rotatable bonds is 8. The summed E-state index contributed by atoms with van der Waals surface area (Å²) in [5, 5.41) is 6.58. The molecule has 0 atom stereocenters. The van der Waals surface area contributed by atoms with Crippen molar-refractivity contribution in [3.05, 3.63) is 35.9 Å². The summed E-state index contributed by atoms with van der Waals surface area (Å²) in [4.78, 5) is 4.20. The molecule has 0 unspecified atom stereocenters. The molecule has 1 rings (SSSR count). The summed E-state index contributed by atoms with van der Waals surface area (Å²) in [5.74, 6) is 2.33. The van der Waals surface area contributed by atoms with Gasteiger partial charge in [-0.05, 0) is 37.5 Å². The molecule has 2 N–H and O–H groups in total. The molecule has 0 aliphatic carbocycles. The minimum atomic E-state index is 0.751. The maximum atomic E-state index is 5.31. The van der Waals surface area contributed by atoms with Gasteiger partial charge in [-0.3, -0.25) is 4.99 Å². The molecule has 22 heavy (non-hydrogen) atoms. The Balaban J connectivity index is 2.42. The van der Waals surface area contributed by atoms with E-state index in [1.54, 1.807) is 21.3 Å². The number of hydrogen-bond acceptors (Lipinski definition) is 3. The number of allylic oxidation sites excluding steroid dienone is 1. The first-order chi connectivity index (χ1) is 10.7. The maximum absolute atomic E-state index is 5.31. The van der Waals surface area contributed by atoms with Crippen LogP contribution in [0.15, 0.2) is 35.3 Å². The summed E-state index contributed by atoms with van der Waals surface area (Å²) in [5.41, 5.74) is 1.19. The number of guanidine groups is 1. The lowest BCUT2D eigenvalue weighted by atomic mass is 10.1. The molecular formula is C17H27N3O2. The minimum Gasteiger partial charge on any atom is -0.493 e. The smallest absolute Gasteiger partial charge is 0.190 e. The van der Waals surface area contributed by atoms with Gasteiger partial charge in [-0.25, -0.2) is 0 Å². The van der Waals surface area contributed by atoms with Gasteiger partial charge in [0.25, 0.3) is 0 Å². The fraction of sp³-hybridized carbons (Fsp3) is 0.471. The Morgan fingerprint density at radius 3 is 2.50 bits per heavy atom. The van der Waals surface area contributed by atoms with Gasteiger partial charge < -0.3 is 20.1 Å². The summed E-state index contributed by atoms with van der Waals surface area (Å²) in [7, 11) is 5.07. The second kappa shape index (κ2) is 10.5. The first-order valence-electron chi connectivity index (χ1n) is 7.51. The average Bonchev–Trinajstić information content (AvgIpc) is 2.56. The first kappa shape index (κ1) is 17.9. The van der Waals surface area contributed by atoms with Crippen LogP contribution in [0.3, 0.4) is 0 Å². The SMILES string of the molecule is C/C=C/CCNC(=NC)NCCc1ccc(OC)c(OC)c1. The highest BCUT2D eigenvalue weighted by atomic mass is 16.5. The number of ether oxygens (including phenoxy) is 2. The van der Waals surface area contributed by atoms with Crippen molar-refractivity contribution in [1.29, 1.82) is 0 Å². The first-order valence-corrected chi connectivity index (χ1v) is 7.51. The van der Waals surface area contributed by atoms with E-state index < -0.39 is 0 Å². The average molecular weight is 305 g/mol. The van der Waals surface area contributed by atoms with Crippen LogP contribution < -0.4 is 20.1 Å². The molecule has 0 saturated heterocycles. The fourth-order valence-electron chi connectivity index (χ4n) is 2.02. The highest BCUT2D eigenvalue weighted by molar-refractivity contribution is 5.79.